The van der Waals surface area contributed by atoms with Crippen molar-refractivity contribution in [2.75, 3.05) is 26.7 Å². The van der Waals surface area contributed by atoms with Gasteiger partial charge in [0.05, 0.1) is 11.7 Å². The molecule has 3 nitrogen and oxygen atoms in total. The van der Waals surface area contributed by atoms with Crippen LogP contribution in [0.3, 0.4) is 0 Å². The van der Waals surface area contributed by atoms with Gasteiger partial charge in [0.1, 0.15) is 0 Å². The minimum absolute atomic E-state index is 0.305. The van der Waals surface area contributed by atoms with Crippen LogP contribution in [0, 0.1) is 0 Å². The molecule has 0 amide bonds. The molecule has 1 aliphatic carbocycles. The lowest BCUT2D eigenvalue weighted by molar-refractivity contribution is -0.0478. The van der Waals surface area contributed by atoms with E-state index >= 15 is 0 Å². The topological polar surface area (TPSA) is 24.5 Å². The summed E-state index contributed by atoms with van der Waals surface area (Å²) >= 11 is 0. The largest absolute Gasteiger partial charge is 0.370 e. The fourth-order valence-corrected chi connectivity index (χ4v) is 3.90. The highest BCUT2D eigenvalue weighted by atomic mass is 16.5. The summed E-state index contributed by atoms with van der Waals surface area (Å²) in [6.45, 7) is 3.48. The van der Waals surface area contributed by atoms with E-state index < -0.39 is 0 Å². The number of hydrogen-bond acceptors (Lipinski definition) is 3. The van der Waals surface area contributed by atoms with Gasteiger partial charge in [-0.25, -0.2) is 0 Å². The van der Waals surface area contributed by atoms with Crippen LogP contribution in [0.25, 0.3) is 0 Å². The van der Waals surface area contributed by atoms with Crippen molar-refractivity contribution in [2.24, 2.45) is 0 Å². The van der Waals surface area contributed by atoms with E-state index in [1.165, 1.54) is 51.5 Å². The molecule has 1 N–H and O–H groups in total. The van der Waals surface area contributed by atoms with E-state index in [4.69, 9.17) is 4.74 Å². The number of ether oxygens (including phenoxy) is 1. The van der Waals surface area contributed by atoms with Gasteiger partial charge in [0.25, 0.3) is 0 Å². The Hall–Kier alpha value is -0.120. The third-order valence-electron chi connectivity index (χ3n) is 5.00. The molecule has 3 fully saturated rings. The lowest BCUT2D eigenvalue weighted by atomic mass is 9.98. The summed E-state index contributed by atoms with van der Waals surface area (Å²) in [5.41, 5.74) is 0.305. The smallest absolute Gasteiger partial charge is 0.0710 e. The average molecular weight is 238 g/mol. The minimum atomic E-state index is 0.305. The number of nitrogens with one attached hydrogen (secondary N) is 1. The van der Waals surface area contributed by atoms with Crippen LogP contribution in [-0.2, 0) is 4.74 Å². The van der Waals surface area contributed by atoms with Gasteiger partial charge >= 0.3 is 0 Å². The van der Waals surface area contributed by atoms with Gasteiger partial charge in [0.15, 0.2) is 0 Å². The maximum Gasteiger partial charge on any atom is 0.0710 e. The summed E-state index contributed by atoms with van der Waals surface area (Å²) in [4.78, 5) is 2.51. The van der Waals surface area contributed by atoms with Crippen LogP contribution >= 0.6 is 0 Å². The summed E-state index contributed by atoms with van der Waals surface area (Å²) in [5, 5.41) is 3.44. The SMILES string of the molecule is CN(CC1CCC2(CCCC2)O1)C1CCNC1. The zero-order chi connectivity index (χ0) is 11.7. The van der Waals surface area contributed by atoms with Crippen LogP contribution in [0.5, 0.6) is 0 Å². The molecule has 0 bridgehead atoms. The molecule has 0 aromatic heterocycles. The van der Waals surface area contributed by atoms with Gasteiger partial charge in [-0.05, 0) is 45.7 Å². The molecular weight excluding hydrogens is 212 g/mol. The monoisotopic (exact) mass is 238 g/mol. The number of rotatable bonds is 3. The third kappa shape index (κ3) is 2.51. The Labute approximate surface area is 105 Å². The molecule has 2 aliphatic heterocycles. The first-order valence-corrected chi connectivity index (χ1v) is 7.36. The maximum absolute atomic E-state index is 6.38. The molecular formula is C14H26N2O. The number of hydrogen-bond donors (Lipinski definition) is 1. The van der Waals surface area contributed by atoms with E-state index in [1.807, 2.05) is 0 Å². The highest BCUT2D eigenvalue weighted by Gasteiger charge is 2.42. The minimum Gasteiger partial charge on any atom is -0.370 e. The molecule has 0 aromatic carbocycles. The van der Waals surface area contributed by atoms with Crippen LogP contribution < -0.4 is 5.32 Å². The van der Waals surface area contributed by atoms with Crippen LogP contribution in [0.2, 0.25) is 0 Å². The first-order chi connectivity index (χ1) is 8.27. The van der Waals surface area contributed by atoms with Crippen molar-refractivity contribution in [1.29, 1.82) is 0 Å². The fraction of sp³-hybridized carbons (Fsp3) is 1.00. The number of likely N-dealkylation sites (N-methyl/N-ethyl adjacent to an activating group) is 1. The highest BCUT2D eigenvalue weighted by Crippen LogP contribution is 2.43. The molecule has 3 aliphatic rings. The van der Waals surface area contributed by atoms with Crippen molar-refractivity contribution < 1.29 is 4.74 Å². The molecule has 17 heavy (non-hydrogen) atoms. The molecule has 0 radical (unpaired) electrons. The summed E-state index contributed by atoms with van der Waals surface area (Å²) < 4.78 is 6.38. The van der Waals surface area contributed by atoms with Gasteiger partial charge in [0.2, 0.25) is 0 Å². The summed E-state index contributed by atoms with van der Waals surface area (Å²) in [7, 11) is 2.26. The quantitative estimate of drug-likeness (QED) is 0.811. The Morgan fingerprint density at radius 3 is 2.76 bits per heavy atom. The van der Waals surface area contributed by atoms with Crippen LogP contribution in [0.15, 0.2) is 0 Å². The van der Waals surface area contributed by atoms with Gasteiger partial charge in [-0.3, -0.25) is 4.90 Å². The second-order valence-electron chi connectivity index (χ2n) is 6.25. The molecule has 1 saturated carbocycles. The Morgan fingerprint density at radius 1 is 1.24 bits per heavy atom. The zero-order valence-electron chi connectivity index (χ0n) is 11.1. The molecule has 0 aromatic rings. The van der Waals surface area contributed by atoms with E-state index in [2.05, 4.69) is 17.3 Å². The van der Waals surface area contributed by atoms with Gasteiger partial charge < -0.3 is 10.1 Å². The van der Waals surface area contributed by atoms with Gasteiger partial charge in [0, 0.05) is 19.1 Å². The van der Waals surface area contributed by atoms with E-state index in [0.29, 0.717) is 11.7 Å². The van der Waals surface area contributed by atoms with Crippen LogP contribution in [0.1, 0.15) is 44.9 Å². The summed E-state index contributed by atoms with van der Waals surface area (Å²) in [6.07, 6.45) is 9.80. The zero-order valence-corrected chi connectivity index (χ0v) is 11.1. The average Bonchev–Trinajstić information content (AvgIpc) is 3.04. The second-order valence-corrected chi connectivity index (χ2v) is 6.25. The number of nitrogens with zero attached hydrogens (tertiary/aromatic N) is 1. The Kier molecular flexibility index (Phi) is 3.42. The van der Waals surface area contributed by atoms with Gasteiger partial charge in [-0.2, -0.15) is 0 Å². The summed E-state index contributed by atoms with van der Waals surface area (Å²) in [5.74, 6) is 0. The van der Waals surface area contributed by atoms with Crippen molar-refractivity contribution in [3.8, 4) is 0 Å². The maximum atomic E-state index is 6.38. The van der Waals surface area contributed by atoms with Crippen molar-refractivity contribution in [3.63, 3.8) is 0 Å². The Balaban J connectivity index is 1.49. The molecule has 1 spiro atoms. The predicted molar refractivity (Wildman–Crippen MR) is 69.2 cm³/mol. The fourth-order valence-electron chi connectivity index (χ4n) is 3.90. The predicted octanol–water partition coefficient (Wildman–Crippen LogP) is 1.77. The summed E-state index contributed by atoms with van der Waals surface area (Å²) in [6, 6.07) is 0.735. The molecule has 2 saturated heterocycles. The van der Waals surface area contributed by atoms with E-state index in [1.54, 1.807) is 0 Å². The Morgan fingerprint density at radius 2 is 2.06 bits per heavy atom. The standard InChI is InChI=1S/C14H26N2O/c1-16(12-5-9-15-10-12)11-13-4-8-14(17-13)6-2-3-7-14/h12-13,15H,2-11H2,1H3. The van der Waals surface area contributed by atoms with E-state index in [9.17, 15) is 0 Å². The first kappa shape index (κ1) is 11.9. The molecule has 2 unspecified atom stereocenters. The lowest BCUT2D eigenvalue weighted by Gasteiger charge is -2.29. The van der Waals surface area contributed by atoms with Crippen molar-refractivity contribution in [3.05, 3.63) is 0 Å². The van der Waals surface area contributed by atoms with Crippen molar-refractivity contribution >= 4 is 0 Å². The third-order valence-corrected chi connectivity index (χ3v) is 5.00. The van der Waals surface area contributed by atoms with Crippen LogP contribution in [0.4, 0.5) is 0 Å². The normalized spacial score (nSPS) is 36.4. The Bertz CT molecular complexity index is 257. The molecule has 3 heteroatoms. The molecule has 2 atom stereocenters. The van der Waals surface area contributed by atoms with E-state index in [-0.39, 0.29) is 0 Å². The van der Waals surface area contributed by atoms with E-state index in [0.717, 1.165) is 19.1 Å². The second kappa shape index (κ2) is 4.87. The highest BCUT2D eigenvalue weighted by molar-refractivity contribution is 4.94. The molecule has 98 valence electrons. The van der Waals surface area contributed by atoms with Gasteiger partial charge in [-0.15, -0.1) is 0 Å². The van der Waals surface area contributed by atoms with Crippen molar-refractivity contribution in [2.45, 2.75) is 62.7 Å². The molecule has 2 heterocycles. The molecule has 3 rings (SSSR count). The van der Waals surface area contributed by atoms with Crippen molar-refractivity contribution in [1.82, 2.24) is 10.2 Å². The van der Waals surface area contributed by atoms with Crippen LogP contribution in [-0.4, -0.2) is 49.3 Å². The van der Waals surface area contributed by atoms with Gasteiger partial charge in [-0.1, -0.05) is 12.8 Å². The first-order valence-electron chi connectivity index (χ1n) is 7.36. The lowest BCUT2D eigenvalue weighted by Crippen LogP contribution is -2.39.